The molecule has 0 aliphatic heterocycles. The molecule has 0 saturated heterocycles. The van der Waals surface area contributed by atoms with E-state index in [9.17, 15) is 4.79 Å². The van der Waals surface area contributed by atoms with Crippen LogP contribution >= 0.6 is 0 Å². The summed E-state index contributed by atoms with van der Waals surface area (Å²) in [5.74, 6) is 1.46. The number of ether oxygens (including phenoxy) is 2. The molecule has 4 aliphatic carbocycles. The zero-order valence-electron chi connectivity index (χ0n) is 20.8. The Hall–Kier alpha value is -0.610. The van der Waals surface area contributed by atoms with E-state index in [0.29, 0.717) is 33.9 Å². The quantitative estimate of drug-likeness (QED) is 0.427. The Morgan fingerprint density at radius 1 is 0.867 bits per heavy atom. The van der Waals surface area contributed by atoms with E-state index in [-0.39, 0.29) is 22.9 Å². The van der Waals surface area contributed by atoms with E-state index >= 15 is 0 Å². The van der Waals surface area contributed by atoms with E-state index in [2.05, 4.69) is 55.6 Å². The van der Waals surface area contributed by atoms with Crippen LogP contribution in [0.2, 0.25) is 0 Å². The summed E-state index contributed by atoms with van der Waals surface area (Å²) in [4.78, 5) is 12.8. The van der Waals surface area contributed by atoms with Crippen LogP contribution in [-0.4, -0.2) is 56.5 Å². The Kier molecular flexibility index (Phi) is 5.22. The van der Waals surface area contributed by atoms with Gasteiger partial charge in [0.15, 0.2) is 6.54 Å². The third kappa shape index (κ3) is 3.18. The molecular formula is C26H46NO3+. The molecule has 0 spiro atoms. The monoisotopic (exact) mass is 420 g/mol. The lowest BCUT2D eigenvalue weighted by Crippen LogP contribution is -2.49. The predicted octanol–water partition coefficient (Wildman–Crippen LogP) is 5.05. The van der Waals surface area contributed by atoms with Gasteiger partial charge in [-0.2, -0.15) is 0 Å². The van der Waals surface area contributed by atoms with Gasteiger partial charge in [0.25, 0.3) is 0 Å². The van der Waals surface area contributed by atoms with Crippen molar-refractivity contribution in [1.29, 1.82) is 0 Å². The first-order valence-electron chi connectivity index (χ1n) is 12.4. The van der Waals surface area contributed by atoms with Crippen LogP contribution in [0.25, 0.3) is 0 Å². The molecule has 6 atom stereocenters. The first-order valence-corrected chi connectivity index (χ1v) is 12.4. The molecule has 0 aromatic heterocycles. The van der Waals surface area contributed by atoms with Gasteiger partial charge in [-0.05, 0) is 66.6 Å². The van der Waals surface area contributed by atoms with Crippen molar-refractivity contribution in [2.75, 3.05) is 33.8 Å². The second-order valence-electron chi connectivity index (χ2n) is 13.4. The van der Waals surface area contributed by atoms with E-state index in [1.54, 1.807) is 0 Å². The third-order valence-corrected chi connectivity index (χ3v) is 11.3. The zero-order chi connectivity index (χ0) is 22.2. The maximum atomic E-state index is 12.8. The number of rotatable bonds is 7. The highest BCUT2D eigenvalue weighted by Crippen LogP contribution is 2.67. The summed E-state index contributed by atoms with van der Waals surface area (Å²) in [6, 6.07) is 0. The van der Waals surface area contributed by atoms with E-state index in [4.69, 9.17) is 9.47 Å². The molecule has 0 N–H and O–H groups in total. The van der Waals surface area contributed by atoms with Crippen molar-refractivity contribution in [2.45, 2.75) is 92.3 Å². The molecule has 4 fully saturated rings. The van der Waals surface area contributed by atoms with E-state index in [1.807, 2.05) is 0 Å². The molecule has 4 rings (SSSR count). The predicted molar refractivity (Wildman–Crippen MR) is 120 cm³/mol. The van der Waals surface area contributed by atoms with Gasteiger partial charge in [-0.3, -0.25) is 0 Å². The molecule has 4 bridgehead atoms. The largest absolute Gasteiger partial charge is 0.458 e. The van der Waals surface area contributed by atoms with Gasteiger partial charge in [0.1, 0.15) is 12.6 Å². The van der Waals surface area contributed by atoms with Gasteiger partial charge in [0.05, 0.1) is 26.8 Å². The summed E-state index contributed by atoms with van der Waals surface area (Å²) in [7, 11) is 4.26. The molecule has 0 radical (unpaired) electrons. The van der Waals surface area contributed by atoms with Gasteiger partial charge < -0.3 is 14.0 Å². The number of likely N-dealkylation sites (N-methyl/N-ethyl adjacent to an activating group) is 1. The Morgan fingerprint density at radius 2 is 1.37 bits per heavy atom. The van der Waals surface area contributed by atoms with Crippen molar-refractivity contribution in [3.8, 4) is 0 Å². The molecular weight excluding hydrogens is 374 g/mol. The van der Waals surface area contributed by atoms with Crippen molar-refractivity contribution >= 4 is 5.97 Å². The maximum absolute atomic E-state index is 12.8. The van der Waals surface area contributed by atoms with E-state index in [0.717, 1.165) is 25.5 Å². The van der Waals surface area contributed by atoms with Gasteiger partial charge in [0, 0.05) is 5.41 Å². The number of nitrogens with zero attached hydrogens (tertiary/aromatic N) is 1. The number of quaternary nitrogens is 1. The lowest BCUT2D eigenvalue weighted by Gasteiger charge is -2.40. The smallest absolute Gasteiger partial charge is 0.362 e. The van der Waals surface area contributed by atoms with Gasteiger partial charge in [-0.1, -0.05) is 41.5 Å². The molecule has 0 amide bonds. The third-order valence-electron chi connectivity index (χ3n) is 11.3. The lowest BCUT2D eigenvalue weighted by molar-refractivity contribution is -0.883. The highest BCUT2D eigenvalue weighted by atomic mass is 16.5. The highest BCUT2D eigenvalue weighted by molar-refractivity contribution is 5.71. The second kappa shape index (κ2) is 6.94. The van der Waals surface area contributed by atoms with Gasteiger partial charge in [0.2, 0.25) is 0 Å². The van der Waals surface area contributed by atoms with Gasteiger partial charge >= 0.3 is 5.97 Å². The fourth-order valence-corrected chi connectivity index (χ4v) is 7.76. The van der Waals surface area contributed by atoms with Gasteiger partial charge in [-0.15, -0.1) is 0 Å². The zero-order valence-corrected chi connectivity index (χ0v) is 20.8. The standard InChI is InChI=1S/C26H46NO3/c1-23(2)18-9-11-25(23,5)20(15-18)29-14-13-27(7,8)17-22(28)30-21-16-19-10-12-26(21,6)24(19,3)4/h18-21H,9-17H2,1-8H3/q+1/t18-,19-,20+,21+,25+,26-/m0/s1. The molecule has 172 valence electrons. The van der Waals surface area contributed by atoms with Crippen LogP contribution in [0.5, 0.6) is 0 Å². The van der Waals surface area contributed by atoms with Crippen LogP contribution in [0.3, 0.4) is 0 Å². The van der Waals surface area contributed by atoms with Crippen molar-refractivity contribution in [2.24, 2.45) is 33.5 Å². The Bertz CT molecular complexity index is 698. The minimum absolute atomic E-state index is 0.0393. The first-order chi connectivity index (χ1) is 13.7. The Labute approximate surface area is 184 Å². The molecule has 0 aromatic carbocycles. The van der Waals surface area contributed by atoms with Crippen molar-refractivity contribution in [1.82, 2.24) is 0 Å². The minimum Gasteiger partial charge on any atom is -0.458 e. The number of carbonyl (C=O) groups excluding carboxylic acids is 1. The van der Waals surface area contributed by atoms with Gasteiger partial charge in [-0.25, -0.2) is 4.79 Å². The van der Waals surface area contributed by atoms with Crippen molar-refractivity contribution in [3.05, 3.63) is 0 Å². The molecule has 4 aliphatic rings. The Morgan fingerprint density at radius 3 is 1.80 bits per heavy atom. The maximum Gasteiger partial charge on any atom is 0.362 e. The van der Waals surface area contributed by atoms with Crippen LogP contribution in [0, 0.1) is 33.5 Å². The van der Waals surface area contributed by atoms with Crippen LogP contribution in [-0.2, 0) is 14.3 Å². The fraction of sp³-hybridized carbons (Fsp3) is 0.962. The SMILES string of the molecule is CC1(C)[C@H]2CC[C@@]1(C)[C@H](OC(=O)C[N+](C)(C)CCO[C@@H]1C[C@@H]3CC[C@@]1(C)C3(C)C)C2. The molecule has 0 heterocycles. The first kappa shape index (κ1) is 22.6. The number of fused-ring (bicyclic) bond motifs is 4. The normalized spacial score (nSPS) is 43.3. The fourth-order valence-electron chi connectivity index (χ4n) is 7.76. The summed E-state index contributed by atoms with van der Waals surface area (Å²) >= 11 is 0. The number of hydrogen-bond donors (Lipinski definition) is 0. The van der Waals surface area contributed by atoms with Crippen LogP contribution in [0.4, 0.5) is 0 Å². The number of carbonyl (C=O) groups is 1. The minimum atomic E-state index is -0.0393. The highest BCUT2D eigenvalue weighted by Gasteiger charge is 2.63. The molecule has 0 aromatic rings. The van der Waals surface area contributed by atoms with Crippen molar-refractivity contribution < 1.29 is 18.8 Å². The molecule has 0 unspecified atom stereocenters. The Balaban J connectivity index is 1.26. The average Bonchev–Trinajstić information content (AvgIpc) is 3.13. The molecule has 30 heavy (non-hydrogen) atoms. The molecule has 4 nitrogen and oxygen atoms in total. The van der Waals surface area contributed by atoms with E-state index in [1.165, 1.54) is 32.1 Å². The molecule has 4 saturated carbocycles. The summed E-state index contributed by atoms with van der Waals surface area (Å²) in [6.45, 7) is 16.4. The summed E-state index contributed by atoms with van der Waals surface area (Å²) in [6.07, 6.45) is 7.83. The topological polar surface area (TPSA) is 35.5 Å². The average molecular weight is 421 g/mol. The lowest BCUT2D eigenvalue weighted by atomic mass is 9.70. The van der Waals surface area contributed by atoms with Crippen molar-refractivity contribution in [3.63, 3.8) is 0 Å². The number of esters is 1. The molecule has 4 heteroatoms. The summed E-state index contributed by atoms with van der Waals surface area (Å²) in [5.41, 5.74) is 1.10. The van der Waals surface area contributed by atoms with Crippen LogP contribution in [0.15, 0.2) is 0 Å². The summed E-state index contributed by atoms with van der Waals surface area (Å²) in [5, 5.41) is 0. The van der Waals surface area contributed by atoms with Crippen LogP contribution < -0.4 is 0 Å². The second-order valence-corrected chi connectivity index (χ2v) is 13.4. The number of hydrogen-bond acceptors (Lipinski definition) is 3. The van der Waals surface area contributed by atoms with Crippen LogP contribution in [0.1, 0.15) is 80.1 Å². The summed E-state index contributed by atoms with van der Waals surface area (Å²) < 4.78 is 13.2. The van der Waals surface area contributed by atoms with E-state index < -0.39 is 0 Å².